The van der Waals surface area contributed by atoms with Crippen LogP contribution in [0.2, 0.25) is 5.02 Å². The SMILES string of the molecule is O=C1[C@H]2[C@H]3CCCN3[C@@]3(C(=O)Nc4ccc(Cl)cc43)[C@@H]2C(=O)N1c1ccc2c(c1)OCCO2. The smallest absolute Gasteiger partial charge is 0.250 e. The van der Waals surface area contributed by atoms with Crippen LogP contribution in [0.25, 0.3) is 0 Å². The molecule has 4 atom stereocenters. The first kappa shape index (κ1) is 19.4. The number of nitrogens with one attached hydrogen (secondary N) is 1. The number of carbonyl (C=O) groups is 3. The minimum Gasteiger partial charge on any atom is -0.486 e. The summed E-state index contributed by atoms with van der Waals surface area (Å²) in [5.41, 5.74) is 0.535. The Morgan fingerprint density at radius 2 is 1.82 bits per heavy atom. The second-order valence-electron chi connectivity index (χ2n) is 9.16. The highest BCUT2D eigenvalue weighted by atomic mass is 35.5. The molecule has 33 heavy (non-hydrogen) atoms. The summed E-state index contributed by atoms with van der Waals surface area (Å²) in [4.78, 5) is 44.7. The van der Waals surface area contributed by atoms with Crippen molar-refractivity contribution in [2.45, 2.75) is 24.4 Å². The van der Waals surface area contributed by atoms with Gasteiger partial charge in [0.15, 0.2) is 11.5 Å². The predicted octanol–water partition coefficient (Wildman–Crippen LogP) is 2.54. The van der Waals surface area contributed by atoms with Crippen molar-refractivity contribution in [3.63, 3.8) is 0 Å². The molecule has 0 aliphatic carbocycles. The molecule has 9 heteroatoms. The summed E-state index contributed by atoms with van der Waals surface area (Å²) in [6, 6.07) is 10.2. The van der Waals surface area contributed by atoms with Crippen molar-refractivity contribution in [3.8, 4) is 11.5 Å². The van der Waals surface area contributed by atoms with Gasteiger partial charge in [0.2, 0.25) is 17.7 Å². The third kappa shape index (κ3) is 2.27. The highest BCUT2D eigenvalue weighted by molar-refractivity contribution is 6.31. The summed E-state index contributed by atoms with van der Waals surface area (Å²) in [5, 5.41) is 3.45. The zero-order valence-electron chi connectivity index (χ0n) is 17.5. The molecule has 0 saturated carbocycles. The first-order chi connectivity index (χ1) is 16.0. The number of fused-ring (bicyclic) bond motifs is 8. The summed E-state index contributed by atoms with van der Waals surface area (Å²) < 4.78 is 11.2. The van der Waals surface area contributed by atoms with Gasteiger partial charge in [-0.1, -0.05) is 11.6 Å². The van der Waals surface area contributed by atoms with Gasteiger partial charge in [-0.15, -0.1) is 0 Å². The van der Waals surface area contributed by atoms with Gasteiger partial charge in [-0.05, 0) is 49.7 Å². The van der Waals surface area contributed by atoms with Crippen LogP contribution in [-0.2, 0) is 19.9 Å². The predicted molar refractivity (Wildman–Crippen MR) is 118 cm³/mol. The second-order valence-corrected chi connectivity index (χ2v) is 9.59. The number of amides is 3. The van der Waals surface area contributed by atoms with E-state index >= 15 is 0 Å². The van der Waals surface area contributed by atoms with Crippen molar-refractivity contribution in [1.29, 1.82) is 0 Å². The quantitative estimate of drug-likeness (QED) is 0.651. The average Bonchev–Trinajstić information content (AvgIpc) is 3.52. The molecule has 0 aromatic heterocycles. The van der Waals surface area contributed by atoms with Crippen LogP contribution < -0.4 is 19.7 Å². The Bertz CT molecular complexity index is 1260. The number of carbonyl (C=O) groups excluding carboxylic acids is 3. The van der Waals surface area contributed by atoms with E-state index in [1.165, 1.54) is 4.90 Å². The molecule has 3 amide bonds. The molecular formula is C24H20ClN3O5. The number of halogens is 1. The molecule has 1 N–H and O–H groups in total. The monoisotopic (exact) mass is 465 g/mol. The number of ether oxygens (including phenoxy) is 2. The largest absolute Gasteiger partial charge is 0.486 e. The summed E-state index contributed by atoms with van der Waals surface area (Å²) in [6.07, 6.45) is 1.63. The van der Waals surface area contributed by atoms with E-state index < -0.39 is 17.4 Å². The molecule has 2 aromatic rings. The van der Waals surface area contributed by atoms with Crippen LogP contribution in [0.3, 0.4) is 0 Å². The maximum absolute atomic E-state index is 14.0. The van der Waals surface area contributed by atoms with E-state index in [1.54, 1.807) is 36.4 Å². The zero-order valence-corrected chi connectivity index (χ0v) is 18.3. The average molecular weight is 466 g/mol. The molecule has 5 aliphatic rings. The van der Waals surface area contributed by atoms with Crippen molar-refractivity contribution in [2.24, 2.45) is 11.8 Å². The molecule has 168 valence electrons. The van der Waals surface area contributed by atoms with Gasteiger partial charge in [-0.2, -0.15) is 0 Å². The number of rotatable bonds is 1. The van der Waals surface area contributed by atoms with E-state index in [4.69, 9.17) is 21.1 Å². The van der Waals surface area contributed by atoms with Gasteiger partial charge in [0.25, 0.3) is 0 Å². The Morgan fingerprint density at radius 3 is 2.67 bits per heavy atom. The Hall–Kier alpha value is -3.10. The highest BCUT2D eigenvalue weighted by Gasteiger charge is 2.74. The Kier molecular flexibility index (Phi) is 3.81. The summed E-state index contributed by atoms with van der Waals surface area (Å²) in [6.45, 7) is 1.51. The van der Waals surface area contributed by atoms with Gasteiger partial charge >= 0.3 is 0 Å². The fourth-order valence-corrected chi connectivity index (χ4v) is 6.77. The number of imide groups is 1. The van der Waals surface area contributed by atoms with Crippen molar-refractivity contribution in [2.75, 3.05) is 30.0 Å². The van der Waals surface area contributed by atoms with Crippen molar-refractivity contribution in [1.82, 2.24) is 4.90 Å². The maximum Gasteiger partial charge on any atom is 0.250 e. The standard InChI is InChI=1S/C24H20ClN3O5/c25-12-3-5-15-14(10-12)24(23(31)26-15)20-19(16-2-1-7-27(16)24)21(29)28(22(20)30)13-4-6-17-18(11-13)33-9-8-32-17/h3-6,10-11,16,19-20H,1-2,7-9H2,(H,26,31)/t16-,19+,20+,24-/m1/s1. The van der Waals surface area contributed by atoms with Gasteiger partial charge in [-0.25, -0.2) is 4.90 Å². The molecule has 1 spiro atoms. The van der Waals surface area contributed by atoms with Crippen molar-refractivity contribution in [3.05, 3.63) is 47.0 Å². The van der Waals surface area contributed by atoms with Crippen LogP contribution >= 0.6 is 11.6 Å². The Balaban J connectivity index is 1.39. The van der Waals surface area contributed by atoms with E-state index in [9.17, 15) is 14.4 Å². The lowest BCUT2D eigenvalue weighted by Crippen LogP contribution is -2.54. The first-order valence-corrected chi connectivity index (χ1v) is 11.6. The van der Waals surface area contributed by atoms with E-state index in [0.29, 0.717) is 53.2 Å². The molecule has 3 fully saturated rings. The number of hydrogen-bond donors (Lipinski definition) is 1. The lowest BCUT2D eigenvalue weighted by molar-refractivity contribution is -0.135. The van der Waals surface area contributed by atoms with Crippen molar-refractivity contribution >= 4 is 40.7 Å². The van der Waals surface area contributed by atoms with Gasteiger partial charge in [0.05, 0.1) is 17.5 Å². The molecule has 5 heterocycles. The number of benzene rings is 2. The third-order valence-corrected chi connectivity index (χ3v) is 7.97. The van der Waals surface area contributed by atoms with Crippen LogP contribution in [0.5, 0.6) is 11.5 Å². The maximum atomic E-state index is 14.0. The van der Waals surface area contributed by atoms with E-state index in [0.717, 1.165) is 12.8 Å². The zero-order chi connectivity index (χ0) is 22.5. The van der Waals surface area contributed by atoms with Gasteiger partial charge in [0, 0.05) is 28.4 Å². The van der Waals surface area contributed by atoms with Crippen molar-refractivity contribution < 1.29 is 23.9 Å². The highest BCUT2D eigenvalue weighted by Crippen LogP contribution is 2.61. The summed E-state index contributed by atoms with van der Waals surface area (Å²) in [7, 11) is 0. The Morgan fingerprint density at radius 1 is 1.00 bits per heavy atom. The first-order valence-electron chi connectivity index (χ1n) is 11.2. The van der Waals surface area contributed by atoms with Crippen LogP contribution in [-0.4, -0.2) is 48.4 Å². The Labute approximate surface area is 194 Å². The number of hydrogen-bond acceptors (Lipinski definition) is 6. The van der Waals surface area contributed by atoms with E-state index in [1.807, 2.05) is 0 Å². The fourth-order valence-electron chi connectivity index (χ4n) is 6.60. The number of nitrogens with zero attached hydrogens (tertiary/aromatic N) is 2. The topological polar surface area (TPSA) is 88.2 Å². The normalized spacial score (nSPS) is 31.7. The third-order valence-electron chi connectivity index (χ3n) is 7.74. The minimum absolute atomic E-state index is 0.177. The lowest BCUT2D eigenvalue weighted by Gasteiger charge is -2.36. The molecule has 8 nitrogen and oxygen atoms in total. The molecule has 7 rings (SSSR count). The fraction of sp³-hybridized carbons (Fsp3) is 0.375. The summed E-state index contributed by atoms with van der Waals surface area (Å²) in [5.74, 6) is -1.21. The lowest BCUT2D eigenvalue weighted by atomic mass is 9.75. The van der Waals surface area contributed by atoms with Crippen LogP contribution in [0, 0.1) is 11.8 Å². The van der Waals surface area contributed by atoms with Gasteiger partial charge in [0.1, 0.15) is 18.8 Å². The second kappa shape index (κ2) is 6.48. The molecule has 2 aromatic carbocycles. The number of anilines is 2. The van der Waals surface area contributed by atoms with E-state index in [-0.39, 0.29) is 23.8 Å². The van der Waals surface area contributed by atoms with Crippen LogP contribution in [0.1, 0.15) is 18.4 Å². The molecule has 0 bridgehead atoms. The van der Waals surface area contributed by atoms with Crippen LogP contribution in [0.4, 0.5) is 11.4 Å². The molecule has 3 saturated heterocycles. The van der Waals surface area contributed by atoms with Gasteiger partial charge < -0.3 is 14.8 Å². The molecular weight excluding hydrogens is 446 g/mol. The van der Waals surface area contributed by atoms with Gasteiger partial charge in [-0.3, -0.25) is 19.3 Å². The van der Waals surface area contributed by atoms with Crippen LogP contribution in [0.15, 0.2) is 36.4 Å². The minimum atomic E-state index is -1.23. The summed E-state index contributed by atoms with van der Waals surface area (Å²) >= 11 is 6.33. The molecule has 5 aliphatic heterocycles. The molecule has 0 radical (unpaired) electrons. The van der Waals surface area contributed by atoms with E-state index in [2.05, 4.69) is 10.2 Å². The molecule has 0 unspecified atom stereocenters.